The van der Waals surface area contributed by atoms with Gasteiger partial charge < -0.3 is 14.5 Å². The zero-order valence-electron chi connectivity index (χ0n) is 17.3. The van der Waals surface area contributed by atoms with Crippen LogP contribution in [0.2, 0.25) is 0 Å². The van der Waals surface area contributed by atoms with Gasteiger partial charge in [0.2, 0.25) is 5.91 Å². The lowest BCUT2D eigenvalue weighted by Gasteiger charge is -2.36. The molecule has 0 atom stereocenters. The number of para-hydroxylation sites is 2. The van der Waals surface area contributed by atoms with Gasteiger partial charge in [0, 0.05) is 44.0 Å². The molecule has 9 heteroatoms. The smallest absolute Gasteiger partial charge is 0.223 e. The minimum absolute atomic E-state index is 0.134. The molecule has 1 amide bonds. The Morgan fingerprint density at radius 3 is 2.58 bits per heavy atom. The lowest BCUT2D eigenvalue weighted by atomic mass is 10.2. The second-order valence-corrected chi connectivity index (χ2v) is 8.16. The summed E-state index contributed by atoms with van der Waals surface area (Å²) < 4.78 is 20.4. The molecule has 0 unspecified atom stereocenters. The Balaban J connectivity index is 1.28. The number of benzene rings is 2. The van der Waals surface area contributed by atoms with E-state index >= 15 is 0 Å². The third kappa shape index (κ3) is 4.99. The Labute approximate surface area is 184 Å². The summed E-state index contributed by atoms with van der Waals surface area (Å²) in [5.41, 5.74) is 1.85. The highest BCUT2D eigenvalue weighted by Crippen LogP contribution is 2.27. The maximum atomic E-state index is 13.1. The summed E-state index contributed by atoms with van der Waals surface area (Å²) in [6, 6.07) is 14.2. The van der Waals surface area contributed by atoms with Crippen LogP contribution in [-0.2, 0) is 4.79 Å². The molecule has 7 nitrogen and oxygen atoms in total. The Morgan fingerprint density at radius 2 is 1.84 bits per heavy atom. The lowest BCUT2D eigenvalue weighted by molar-refractivity contribution is -0.131. The van der Waals surface area contributed by atoms with Gasteiger partial charge in [0.25, 0.3) is 0 Å². The van der Waals surface area contributed by atoms with Crippen LogP contribution >= 0.6 is 11.8 Å². The van der Waals surface area contributed by atoms with Gasteiger partial charge in [-0.1, -0.05) is 23.9 Å². The first kappa shape index (κ1) is 21.2. The van der Waals surface area contributed by atoms with Crippen LogP contribution < -0.4 is 9.64 Å². The van der Waals surface area contributed by atoms with Gasteiger partial charge in [-0.2, -0.15) is 0 Å². The first-order valence-corrected chi connectivity index (χ1v) is 11.1. The van der Waals surface area contributed by atoms with Crippen molar-refractivity contribution in [2.75, 3.05) is 43.9 Å². The number of rotatable bonds is 7. The van der Waals surface area contributed by atoms with E-state index in [-0.39, 0.29) is 11.7 Å². The second kappa shape index (κ2) is 9.82. The number of anilines is 1. The van der Waals surface area contributed by atoms with Crippen LogP contribution in [0, 0.1) is 5.82 Å². The van der Waals surface area contributed by atoms with Crippen LogP contribution in [0.5, 0.6) is 5.75 Å². The first-order valence-electron chi connectivity index (χ1n) is 10.1. The van der Waals surface area contributed by atoms with Gasteiger partial charge in [-0.05, 0) is 36.4 Å². The standard InChI is InChI=1S/C22H24FN5O2S/c1-30-20-5-3-2-4-19(20)28-16-24-25-22(28)31-15-10-21(29)27-13-11-26(12-14-27)18-8-6-17(23)7-9-18/h2-9,16H,10-15H2,1H3. The predicted octanol–water partition coefficient (Wildman–Crippen LogP) is 3.25. The Hall–Kier alpha value is -3.07. The molecule has 0 saturated carbocycles. The van der Waals surface area contributed by atoms with E-state index in [1.807, 2.05) is 33.7 Å². The molecule has 2 aromatic carbocycles. The molecular weight excluding hydrogens is 417 g/mol. The molecule has 3 aromatic rings. The number of aromatic nitrogens is 3. The van der Waals surface area contributed by atoms with E-state index in [4.69, 9.17) is 4.74 Å². The summed E-state index contributed by atoms with van der Waals surface area (Å²) in [6.07, 6.45) is 2.08. The van der Waals surface area contributed by atoms with Crippen LogP contribution in [-0.4, -0.2) is 64.6 Å². The first-order chi connectivity index (χ1) is 15.2. The van der Waals surface area contributed by atoms with Crippen molar-refractivity contribution in [3.05, 3.63) is 60.7 Å². The van der Waals surface area contributed by atoms with E-state index in [1.165, 1.54) is 23.9 Å². The molecule has 1 saturated heterocycles. The summed E-state index contributed by atoms with van der Waals surface area (Å²) in [6.45, 7) is 2.82. The van der Waals surface area contributed by atoms with Crippen LogP contribution in [0.4, 0.5) is 10.1 Å². The molecule has 0 aliphatic carbocycles. The fraction of sp³-hybridized carbons (Fsp3) is 0.318. The highest BCUT2D eigenvalue weighted by atomic mass is 32.2. The molecule has 31 heavy (non-hydrogen) atoms. The minimum atomic E-state index is -0.239. The fourth-order valence-electron chi connectivity index (χ4n) is 3.57. The number of carbonyl (C=O) groups excluding carboxylic acids is 1. The van der Waals surface area contributed by atoms with Crippen molar-refractivity contribution >= 4 is 23.4 Å². The van der Waals surface area contributed by atoms with Gasteiger partial charge in [0.1, 0.15) is 17.9 Å². The number of hydrogen-bond donors (Lipinski definition) is 0. The number of ether oxygens (including phenoxy) is 1. The van der Waals surface area contributed by atoms with Gasteiger partial charge in [-0.15, -0.1) is 10.2 Å². The zero-order chi connectivity index (χ0) is 21.6. The molecule has 0 bridgehead atoms. The SMILES string of the molecule is COc1ccccc1-n1cnnc1SCCC(=O)N1CCN(c2ccc(F)cc2)CC1. The minimum Gasteiger partial charge on any atom is -0.495 e. The maximum Gasteiger partial charge on any atom is 0.223 e. The Bertz CT molecular complexity index is 1020. The van der Waals surface area contributed by atoms with Crippen LogP contribution in [0.3, 0.4) is 0 Å². The molecule has 0 N–H and O–H groups in total. The number of halogens is 1. The summed E-state index contributed by atoms with van der Waals surface area (Å²) in [5.74, 6) is 1.25. The van der Waals surface area contributed by atoms with Gasteiger partial charge in [0.05, 0.1) is 12.8 Å². The zero-order valence-corrected chi connectivity index (χ0v) is 18.1. The van der Waals surface area contributed by atoms with Crippen LogP contribution in [0.15, 0.2) is 60.0 Å². The third-order valence-electron chi connectivity index (χ3n) is 5.23. The summed E-state index contributed by atoms with van der Waals surface area (Å²) in [4.78, 5) is 16.7. The van der Waals surface area contributed by atoms with Crippen molar-refractivity contribution in [1.82, 2.24) is 19.7 Å². The molecule has 162 valence electrons. The van der Waals surface area contributed by atoms with Crippen molar-refractivity contribution < 1.29 is 13.9 Å². The predicted molar refractivity (Wildman–Crippen MR) is 118 cm³/mol. The average Bonchev–Trinajstić information content (AvgIpc) is 3.28. The fourth-order valence-corrected chi connectivity index (χ4v) is 4.42. The Morgan fingerprint density at radius 1 is 1.10 bits per heavy atom. The number of piperazine rings is 1. The van der Waals surface area contributed by atoms with Gasteiger partial charge >= 0.3 is 0 Å². The van der Waals surface area contributed by atoms with E-state index < -0.39 is 0 Å². The third-order valence-corrected chi connectivity index (χ3v) is 6.18. The summed E-state index contributed by atoms with van der Waals surface area (Å²) in [7, 11) is 1.63. The Kier molecular flexibility index (Phi) is 6.71. The maximum absolute atomic E-state index is 13.1. The molecule has 4 rings (SSSR count). The monoisotopic (exact) mass is 441 g/mol. The van der Waals surface area contributed by atoms with E-state index in [1.54, 1.807) is 25.6 Å². The normalized spacial score (nSPS) is 14.0. The van der Waals surface area contributed by atoms with Crippen molar-refractivity contribution in [3.63, 3.8) is 0 Å². The summed E-state index contributed by atoms with van der Waals surface area (Å²) >= 11 is 1.50. The molecular formula is C22H24FN5O2S. The number of thioether (sulfide) groups is 1. The molecule has 1 fully saturated rings. The molecule has 0 radical (unpaired) electrons. The van der Waals surface area contributed by atoms with Crippen molar-refractivity contribution in [3.8, 4) is 11.4 Å². The molecule has 1 aliphatic heterocycles. The molecule has 0 spiro atoms. The quantitative estimate of drug-likeness (QED) is 0.525. The van der Waals surface area contributed by atoms with E-state index in [0.717, 1.165) is 35.4 Å². The molecule has 1 aliphatic rings. The summed E-state index contributed by atoms with van der Waals surface area (Å²) in [5, 5.41) is 8.93. The van der Waals surface area contributed by atoms with Crippen molar-refractivity contribution in [1.29, 1.82) is 0 Å². The topological polar surface area (TPSA) is 63.5 Å². The molecule has 1 aromatic heterocycles. The van der Waals surface area contributed by atoms with Crippen molar-refractivity contribution in [2.45, 2.75) is 11.6 Å². The van der Waals surface area contributed by atoms with Crippen molar-refractivity contribution in [2.24, 2.45) is 0 Å². The second-order valence-electron chi connectivity index (χ2n) is 7.10. The van der Waals surface area contributed by atoms with Gasteiger partial charge in [0.15, 0.2) is 5.16 Å². The number of hydrogen-bond acceptors (Lipinski definition) is 6. The molecule has 2 heterocycles. The van der Waals surface area contributed by atoms with E-state index in [2.05, 4.69) is 15.1 Å². The van der Waals surface area contributed by atoms with Crippen LogP contribution in [0.1, 0.15) is 6.42 Å². The number of carbonyl (C=O) groups is 1. The number of nitrogens with zero attached hydrogens (tertiary/aromatic N) is 5. The lowest BCUT2D eigenvalue weighted by Crippen LogP contribution is -2.48. The van der Waals surface area contributed by atoms with Crippen LogP contribution in [0.25, 0.3) is 5.69 Å². The average molecular weight is 442 g/mol. The number of amides is 1. The highest BCUT2D eigenvalue weighted by molar-refractivity contribution is 7.99. The van der Waals surface area contributed by atoms with E-state index in [0.29, 0.717) is 25.3 Å². The number of methoxy groups -OCH3 is 1. The highest BCUT2D eigenvalue weighted by Gasteiger charge is 2.21. The van der Waals surface area contributed by atoms with Gasteiger partial charge in [-0.3, -0.25) is 9.36 Å². The van der Waals surface area contributed by atoms with E-state index in [9.17, 15) is 9.18 Å². The largest absolute Gasteiger partial charge is 0.495 e. The van der Waals surface area contributed by atoms with Gasteiger partial charge in [-0.25, -0.2) is 4.39 Å².